The summed E-state index contributed by atoms with van der Waals surface area (Å²) in [5, 5.41) is 0.783. The number of carbonyl (C=O) groups excluding carboxylic acids is 1. The van der Waals surface area contributed by atoms with E-state index in [1.807, 2.05) is 51.2 Å². The second kappa shape index (κ2) is 7.47. The number of amides is 1. The standard InChI is InChI=1S/C22H24ClN3O2/c1-14-10-17(11-15(2)21(14)23)28-9-8-26-19-7-5-4-6-18(19)24-22(26)16-12-20(27)25(3)13-16/h4-7,10-11,16H,8-9,12-13H2,1-3H3. The van der Waals surface area contributed by atoms with Crippen molar-refractivity contribution in [3.8, 4) is 5.75 Å². The van der Waals surface area contributed by atoms with Crippen LogP contribution in [0.25, 0.3) is 11.0 Å². The van der Waals surface area contributed by atoms with E-state index in [2.05, 4.69) is 10.6 Å². The maximum Gasteiger partial charge on any atom is 0.223 e. The zero-order valence-corrected chi connectivity index (χ0v) is 17.2. The molecule has 6 heteroatoms. The highest BCUT2D eigenvalue weighted by atomic mass is 35.5. The van der Waals surface area contributed by atoms with E-state index in [1.54, 1.807) is 4.90 Å². The van der Waals surface area contributed by atoms with Crippen molar-refractivity contribution in [2.45, 2.75) is 32.7 Å². The van der Waals surface area contributed by atoms with E-state index in [1.165, 1.54) is 0 Å². The average molecular weight is 398 g/mol. The van der Waals surface area contributed by atoms with Crippen LogP contribution in [0, 0.1) is 13.8 Å². The van der Waals surface area contributed by atoms with Gasteiger partial charge in [-0.25, -0.2) is 4.98 Å². The van der Waals surface area contributed by atoms with Gasteiger partial charge in [-0.05, 0) is 49.2 Å². The van der Waals surface area contributed by atoms with Gasteiger partial charge in [-0.15, -0.1) is 0 Å². The molecule has 2 heterocycles. The first-order chi connectivity index (χ1) is 13.4. The van der Waals surface area contributed by atoms with Gasteiger partial charge in [-0.2, -0.15) is 0 Å². The van der Waals surface area contributed by atoms with Gasteiger partial charge in [0.25, 0.3) is 0 Å². The van der Waals surface area contributed by atoms with Crippen molar-refractivity contribution in [2.75, 3.05) is 20.2 Å². The van der Waals surface area contributed by atoms with Crippen LogP contribution in [0.2, 0.25) is 5.02 Å². The van der Waals surface area contributed by atoms with Crippen LogP contribution in [-0.2, 0) is 11.3 Å². The number of hydrogen-bond donors (Lipinski definition) is 0. The van der Waals surface area contributed by atoms with Crippen molar-refractivity contribution in [3.05, 3.63) is 58.4 Å². The smallest absolute Gasteiger partial charge is 0.223 e. The second-order valence-corrected chi connectivity index (χ2v) is 7.88. The molecule has 1 amide bonds. The molecule has 1 saturated heterocycles. The van der Waals surface area contributed by atoms with Crippen molar-refractivity contribution >= 4 is 28.5 Å². The fraction of sp³-hybridized carbons (Fsp3) is 0.364. The Hall–Kier alpha value is -2.53. The Morgan fingerprint density at radius 3 is 2.61 bits per heavy atom. The fourth-order valence-corrected chi connectivity index (χ4v) is 4.03. The molecule has 0 bridgehead atoms. The number of imidazole rings is 1. The summed E-state index contributed by atoms with van der Waals surface area (Å²) >= 11 is 6.25. The number of benzene rings is 2. The molecule has 0 aliphatic carbocycles. The van der Waals surface area contributed by atoms with Gasteiger partial charge in [0.2, 0.25) is 5.91 Å². The molecule has 4 rings (SSSR count). The van der Waals surface area contributed by atoms with Crippen LogP contribution in [0.3, 0.4) is 0 Å². The molecular formula is C22H24ClN3O2. The second-order valence-electron chi connectivity index (χ2n) is 7.51. The van der Waals surface area contributed by atoms with Gasteiger partial charge >= 0.3 is 0 Å². The number of rotatable bonds is 5. The van der Waals surface area contributed by atoms with E-state index in [-0.39, 0.29) is 11.8 Å². The van der Waals surface area contributed by atoms with Crippen LogP contribution < -0.4 is 4.74 Å². The number of halogens is 1. The molecule has 0 spiro atoms. The fourth-order valence-electron chi connectivity index (χ4n) is 3.92. The molecule has 1 aliphatic rings. The van der Waals surface area contributed by atoms with Crippen LogP contribution in [-0.4, -0.2) is 40.6 Å². The molecule has 1 aromatic heterocycles. The Kier molecular flexibility index (Phi) is 5.02. The Morgan fingerprint density at radius 2 is 1.93 bits per heavy atom. The average Bonchev–Trinajstić information content (AvgIpc) is 3.20. The first-order valence-corrected chi connectivity index (χ1v) is 9.90. The topological polar surface area (TPSA) is 47.4 Å². The van der Waals surface area contributed by atoms with Crippen LogP contribution in [0.15, 0.2) is 36.4 Å². The Bertz CT molecular complexity index is 1020. The number of ether oxygens (including phenoxy) is 1. The minimum absolute atomic E-state index is 0.116. The first kappa shape index (κ1) is 18.8. The highest BCUT2D eigenvalue weighted by molar-refractivity contribution is 6.32. The summed E-state index contributed by atoms with van der Waals surface area (Å²) in [6, 6.07) is 12.0. The number of aromatic nitrogens is 2. The molecule has 0 N–H and O–H groups in total. The molecule has 28 heavy (non-hydrogen) atoms. The van der Waals surface area contributed by atoms with Crippen LogP contribution in [0.5, 0.6) is 5.75 Å². The summed E-state index contributed by atoms with van der Waals surface area (Å²) in [6.45, 7) is 5.86. The molecule has 146 valence electrons. The van der Waals surface area contributed by atoms with Crippen molar-refractivity contribution in [1.29, 1.82) is 0 Å². The maximum atomic E-state index is 12.0. The van der Waals surface area contributed by atoms with E-state index in [0.717, 1.165) is 38.8 Å². The normalized spacial score (nSPS) is 16.9. The predicted octanol–water partition coefficient (Wildman–Crippen LogP) is 4.33. The zero-order valence-electron chi connectivity index (χ0n) is 16.4. The lowest BCUT2D eigenvalue weighted by Gasteiger charge is -2.15. The van der Waals surface area contributed by atoms with Crippen LogP contribution in [0.1, 0.15) is 29.3 Å². The maximum absolute atomic E-state index is 12.0. The molecule has 2 aromatic carbocycles. The summed E-state index contributed by atoms with van der Waals surface area (Å²) in [5.41, 5.74) is 4.06. The summed E-state index contributed by atoms with van der Waals surface area (Å²) in [6.07, 6.45) is 0.510. The van der Waals surface area contributed by atoms with Crippen molar-refractivity contribution in [2.24, 2.45) is 0 Å². The lowest BCUT2D eigenvalue weighted by Crippen LogP contribution is -2.19. The van der Waals surface area contributed by atoms with E-state index >= 15 is 0 Å². The number of likely N-dealkylation sites (tertiary alicyclic amines) is 1. The number of para-hydroxylation sites is 2. The van der Waals surface area contributed by atoms with Gasteiger partial charge in [-0.1, -0.05) is 23.7 Å². The number of hydrogen-bond acceptors (Lipinski definition) is 3. The Morgan fingerprint density at radius 1 is 1.21 bits per heavy atom. The molecule has 1 aliphatic heterocycles. The van der Waals surface area contributed by atoms with E-state index < -0.39 is 0 Å². The highest BCUT2D eigenvalue weighted by Crippen LogP contribution is 2.30. The quantitative estimate of drug-likeness (QED) is 0.643. The lowest BCUT2D eigenvalue weighted by atomic mass is 10.1. The van der Waals surface area contributed by atoms with Crippen molar-refractivity contribution < 1.29 is 9.53 Å². The van der Waals surface area contributed by atoms with Crippen molar-refractivity contribution in [1.82, 2.24) is 14.5 Å². The minimum Gasteiger partial charge on any atom is -0.492 e. The SMILES string of the molecule is Cc1cc(OCCn2c(C3CC(=O)N(C)C3)nc3ccccc32)cc(C)c1Cl. The number of aryl methyl sites for hydroxylation is 2. The number of likely N-dealkylation sites (N-methyl/N-ethyl adjacent to an activating group) is 1. The third kappa shape index (κ3) is 3.47. The lowest BCUT2D eigenvalue weighted by molar-refractivity contribution is -0.126. The number of carbonyl (C=O) groups is 1. The molecule has 0 radical (unpaired) electrons. The monoisotopic (exact) mass is 397 g/mol. The summed E-state index contributed by atoms with van der Waals surface area (Å²) in [5.74, 6) is 2.07. The number of fused-ring (bicyclic) bond motifs is 1. The summed E-state index contributed by atoms with van der Waals surface area (Å²) in [4.78, 5) is 18.7. The minimum atomic E-state index is 0.116. The molecule has 5 nitrogen and oxygen atoms in total. The Balaban J connectivity index is 1.58. The largest absolute Gasteiger partial charge is 0.492 e. The van der Waals surface area contributed by atoms with Gasteiger partial charge < -0.3 is 14.2 Å². The third-order valence-electron chi connectivity index (χ3n) is 5.38. The molecule has 0 saturated carbocycles. The van der Waals surface area contributed by atoms with Gasteiger partial charge in [0.15, 0.2) is 0 Å². The molecule has 3 aromatic rings. The van der Waals surface area contributed by atoms with Gasteiger partial charge in [0, 0.05) is 31.0 Å². The molecule has 1 atom stereocenters. The highest BCUT2D eigenvalue weighted by Gasteiger charge is 2.31. The van der Waals surface area contributed by atoms with Crippen LogP contribution >= 0.6 is 11.6 Å². The summed E-state index contributed by atoms with van der Waals surface area (Å²) < 4.78 is 8.22. The van der Waals surface area contributed by atoms with Gasteiger partial charge in [-0.3, -0.25) is 4.79 Å². The molecule has 1 unspecified atom stereocenters. The van der Waals surface area contributed by atoms with Crippen LogP contribution in [0.4, 0.5) is 0 Å². The third-order valence-corrected chi connectivity index (χ3v) is 5.98. The predicted molar refractivity (Wildman–Crippen MR) is 111 cm³/mol. The zero-order chi connectivity index (χ0) is 19.8. The van der Waals surface area contributed by atoms with E-state index in [4.69, 9.17) is 21.3 Å². The van der Waals surface area contributed by atoms with Crippen molar-refractivity contribution in [3.63, 3.8) is 0 Å². The first-order valence-electron chi connectivity index (χ1n) is 9.52. The van der Waals surface area contributed by atoms with E-state index in [9.17, 15) is 4.79 Å². The van der Waals surface area contributed by atoms with Gasteiger partial charge in [0.1, 0.15) is 18.2 Å². The Labute approximate surface area is 169 Å². The number of nitrogens with zero attached hydrogens (tertiary/aromatic N) is 3. The van der Waals surface area contributed by atoms with E-state index in [0.29, 0.717) is 26.1 Å². The van der Waals surface area contributed by atoms with Gasteiger partial charge in [0.05, 0.1) is 17.6 Å². The molecule has 1 fully saturated rings. The molecular weight excluding hydrogens is 374 g/mol. The summed E-state index contributed by atoms with van der Waals surface area (Å²) in [7, 11) is 1.85.